The van der Waals surface area contributed by atoms with Crippen molar-refractivity contribution in [1.82, 2.24) is 0 Å². The number of rotatable bonds is 2. The van der Waals surface area contributed by atoms with Crippen molar-refractivity contribution < 1.29 is 62.2 Å². The molecule has 48 heavy (non-hydrogen) atoms. The van der Waals surface area contributed by atoms with E-state index in [-0.39, 0.29) is 35.6 Å². The van der Waals surface area contributed by atoms with Gasteiger partial charge < -0.3 is 24.8 Å². The molecule has 0 aromatic heterocycles. The van der Waals surface area contributed by atoms with Gasteiger partial charge in [0.2, 0.25) is 0 Å². The molecule has 0 aliphatic heterocycles. The zero-order valence-corrected chi connectivity index (χ0v) is 32.9. The Morgan fingerprint density at radius 1 is 0.688 bits per heavy atom. The first-order chi connectivity index (χ1) is 21.5. The Hall–Kier alpha value is -2.65. The molecule has 0 atom stereocenters. The largest absolute Gasteiger partial charge is 1.00 e. The summed E-state index contributed by atoms with van der Waals surface area (Å²) < 4.78 is 37.9. The molecule has 1 aliphatic rings. The molecule has 0 unspecified atom stereocenters. The van der Waals surface area contributed by atoms with Crippen LogP contribution in [0.5, 0.6) is 0 Å². The summed E-state index contributed by atoms with van der Waals surface area (Å²) in [4.78, 5) is 0. The molecule has 0 radical (unpaired) electrons. The fourth-order valence-electron chi connectivity index (χ4n) is 5.48. The molecule has 6 heteroatoms. The molecule has 0 saturated carbocycles. The van der Waals surface area contributed by atoms with Crippen LogP contribution < -0.4 is 24.8 Å². The van der Waals surface area contributed by atoms with Crippen molar-refractivity contribution in [2.45, 2.75) is 78.8 Å². The third-order valence-corrected chi connectivity index (χ3v) is 9.08. The summed E-state index contributed by atoms with van der Waals surface area (Å²) in [5.41, 5.74) is 14.4. The fourth-order valence-corrected chi connectivity index (χ4v) is 5.96. The van der Waals surface area contributed by atoms with Crippen LogP contribution in [-0.4, -0.2) is 3.71 Å². The molecular weight excluding hydrogens is 724 g/mol. The molecule has 1 aliphatic carbocycles. The van der Waals surface area contributed by atoms with Crippen LogP contribution in [0.1, 0.15) is 86.1 Å². The van der Waals surface area contributed by atoms with Crippen LogP contribution in [0, 0.1) is 19.9 Å². The van der Waals surface area contributed by atoms with Gasteiger partial charge in [0.15, 0.2) is 0 Å². The Balaban J connectivity index is 0.000000259. The van der Waals surface area contributed by atoms with Crippen LogP contribution in [0.15, 0.2) is 97.1 Å². The maximum Gasteiger partial charge on any atom is -1.00 e. The van der Waals surface area contributed by atoms with Crippen LogP contribution in [0.25, 0.3) is 22.3 Å². The number of benzene rings is 4. The van der Waals surface area contributed by atoms with Crippen molar-refractivity contribution in [3.8, 4) is 22.3 Å². The molecule has 5 aromatic rings. The zero-order valence-electron chi connectivity index (χ0n) is 28.9. The monoisotopic (exact) mass is 764 g/mol. The predicted octanol–water partition coefficient (Wildman–Crippen LogP) is 5.75. The molecule has 6 rings (SSSR count). The van der Waals surface area contributed by atoms with Crippen LogP contribution in [-0.2, 0) is 47.7 Å². The molecule has 0 saturated heterocycles. The summed E-state index contributed by atoms with van der Waals surface area (Å²) in [5.74, 6) is 0. The van der Waals surface area contributed by atoms with Crippen LogP contribution >= 0.6 is 0 Å². The molecule has 0 fully saturated rings. The Morgan fingerprint density at radius 3 is 1.75 bits per heavy atom. The van der Waals surface area contributed by atoms with Gasteiger partial charge in [-0.1, -0.05) is 126 Å². The summed E-state index contributed by atoms with van der Waals surface area (Å²) in [6.45, 7) is 17.9. The molecule has 252 valence electrons. The molecule has 0 amide bonds. The number of alkyl halides is 3. The van der Waals surface area contributed by atoms with E-state index in [2.05, 4.69) is 134 Å². The van der Waals surface area contributed by atoms with E-state index < -0.39 is 11.7 Å². The predicted molar refractivity (Wildman–Crippen MR) is 184 cm³/mol. The SMILES string of the molecule is CC(C)(C)c1c[c-]c2c(c1)-c1cc(C(C)(C)C)ccc1C2.Cc1cc(-c2ccccc2)c(C)[cH-]1.FC(F)(F)c1ccc([CH]=[Zr+2])cc1.[Cl-].[Cl-]. The molecule has 0 nitrogen and oxygen atoms in total. The molecule has 0 bridgehead atoms. The molecule has 5 aromatic carbocycles. The Labute approximate surface area is 312 Å². The van der Waals surface area contributed by atoms with Crippen LogP contribution in [0.2, 0.25) is 0 Å². The minimum Gasteiger partial charge on any atom is -1.00 e. The Bertz CT molecular complexity index is 1730. The third kappa shape index (κ3) is 10.7. The van der Waals surface area contributed by atoms with Gasteiger partial charge >= 0.3 is 82.7 Å². The van der Waals surface area contributed by atoms with Gasteiger partial charge in [-0.25, -0.2) is 6.07 Å². The summed E-state index contributed by atoms with van der Waals surface area (Å²) in [6.07, 6.45) is -3.20. The summed E-state index contributed by atoms with van der Waals surface area (Å²) in [5, 5.41) is 0. The minimum atomic E-state index is -4.22. The van der Waals surface area contributed by atoms with Crippen LogP contribution in [0.4, 0.5) is 13.2 Å². The van der Waals surface area contributed by atoms with Crippen molar-refractivity contribution in [1.29, 1.82) is 0 Å². The van der Waals surface area contributed by atoms with E-state index in [9.17, 15) is 13.2 Å². The Kier molecular flexibility index (Phi) is 14.6. The fraction of sp³-hybridized carbons (Fsp3) is 0.286. The summed E-state index contributed by atoms with van der Waals surface area (Å²) in [6, 6.07) is 35.2. The second-order valence-electron chi connectivity index (χ2n) is 14.1. The minimum absolute atomic E-state index is 0. The van der Waals surface area contributed by atoms with E-state index in [1.807, 2.05) is 3.71 Å². The molecule has 0 N–H and O–H groups in total. The zero-order chi connectivity index (χ0) is 33.9. The van der Waals surface area contributed by atoms with Gasteiger partial charge in [0, 0.05) is 0 Å². The average Bonchev–Trinajstić information content (AvgIpc) is 3.54. The second-order valence-corrected chi connectivity index (χ2v) is 14.8. The maximum absolute atomic E-state index is 12.0. The number of halogens is 5. The molecule has 0 heterocycles. The van der Waals surface area contributed by atoms with E-state index >= 15 is 0 Å². The van der Waals surface area contributed by atoms with Gasteiger partial charge in [-0.2, -0.15) is 52.1 Å². The second kappa shape index (κ2) is 16.8. The van der Waals surface area contributed by atoms with Crippen molar-refractivity contribution in [2.24, 2.45) is 0 Å². The molecule has 0 spiro atoms. The first kappa shape index (κ1) is 41.5. The van der Waals surface area contributed by atoms with E-state index in [0.29, 0.717) is 0 Å². The number of aryl methyl sites for hydroxylation is 2. The van der Waals surface area contributed by atoms with E-state index in [4.69, 9.17) is 0 Å². The van der Waals surface area contributed by atoms with Crippen molar-refractivity contribution in [3.05, 3.63) is 148 Å². The van der Waals surface area contributed by atoms with Gasteiger partial charge in [0.25, 0.3) is 0 Å². The van der Waals surface area contributed by atoms with E-state index in [1.165, 1.54) is 92.0 Å². The quantitative estimate of drug-likeness (QED) is 0.197. The van der Waals surface area contributed by atoms with Crippen molar-refractivity contribution >= 4 is 3.71 Å². The van der Waals surface area contributed by atoms with Crippen molar-refractivity contribution in [2.75, 3.05) is 0 Å². The number of hydrogen-bond donors (Lipinski definition) is 0. The average molecular weight is 767 g/mol. The first-order valence-electron chi connectivity index (χ1n) is 15.6. The van der Waals surface area contributed by atoms with Gasteiger partial charge in [-0.3, -0.25) is 0 Å². The standard InChI is InChI=1S/C21H25.C13H13.C8H5F3.2ClH.Zr/c1-20(2,3)16-9-7-14-11-15-8-10-17(21(4,5)6)13-19(15)18(14)12-16;1-10-8-11(2)13(9-10)12-6-4-3-5-7-12;1-6-2-4-7(5-3-6)8(9,10)11;;;/h7,9-10,12-13H,11H2,1-6H3;3-9H,1-2H3;1-5H;2*1H;/q2*-1;;;;+2/p-2. The van der Waals surface area contributed by atoms with Gasteiger partial charge in [-0.15, -0.1) is 5.56 Å². The summed E-state index contributed by atoms with van der Waals surface area (Å²) >= 11 is 1.18. The normalized spacial score (nSPS) is 11.8. The van der Waals surface area contributed by atoms with Gasteiger partial charge in [0.05, 0.1) is 0 Å². The number of hydrogen-bond acceptors (Lipinski definition) is 0. The maximum atomic E-state index is 12.0. The van der Waals surface area contributed by atoms with E-state index in [0.717, 1.165) is 24.1 Å². The Morgan fingerprint density at radius 2 is 1.25 bits per heavy atom. The third-order valence-electron chi connectivity index (χ3n) is 8.26. The number of fused-ring (bicyclic) bond motifs is 3. The molecular formula is C42H43Cl2F3Zr-2. The topological polar surface area (TPSA) is 0 Å². The summed E-state index contributed by atoms with van der Waals surface area (Å²) in [7, 11) is 0. The van der Waals surface area contributed by atoms with Gasteiger partial charge in [-0.05, 0) is 17.4 Å². The van der Waals surface area contributed by atoms with Crippen LogP contribution in [0.3, 0.4) is 0 Å². The smallest absolute Gasteiger partial charge is 1.00 e. The van der Waals surface area contributed by atoms with E-state index in [1.54, 1.807) is 0 Å². The van der Waals surface area contributed by atoms with Gasteiger partial charge in [0.1, 0.15) is 0 Å². The first-order valence-corrected chi connectivity index (χ1v) is 17.1. The van der Waals surface area contributed by atoms with Crippen molar-refractivity contribution in [3.63, 3.8) is 0 Å².